The van der Waals surface area contributed by atoms with Crippen LogP contribution in [0.3, 0.4) is 0 Å². The van der Waals surface area contributed by atoms with Crippen molar-refractivity contribution in [2.45, 2.75) is 24.8 Å². The van der Waals surface area contributed by atoms with E-state index in [4.69, 9.17) is 9.94 Å². The minimum absolute atomic E-state index is 0.0176. The van der Waals surface area contributed by atoms with Crippen molar-refractivity contribution in [2.24, 2.45) is 5.92 Å². The maximum Gasteiger partial charge on any atom is 0.269 e. The molecule has 0 radical (unpaired) electrons. The second-order valence-corrected chi connectivity index (χ2v) is 8.00. The lowest BCUT2D eigenvalue weighted by Gasteiger charge is -2.32. The molecule has 2 amide bonds. The topological polar surface area (TPSA) is 126 Å². The molecule has 0 spiro atoms. The van der Waals surface area contributed by atoms with Crippen LogP contribution in [0.2, 0.25) is 0 Å². The van der Waals surface area contributed by atoms with Gasteiger partial charge in [0.15, 0.2) is 0 Å². The highest BCUT2D eigenvalue weighted by Crippen LogP contribution is 2.26. The van der Waals surface area contributed by atoms with Crippen LogP contribution in [0.25, 0.3) is 0 Å². The van der Waals surface area contributed by atoms with Crippen molar-refractivity contribution in [3.8, 4) is 5.75 Å². The van der Waals surface area contributed by atoms with Gasteiger partial charge in [-0.15, -0.1) is 0 Å². The number of hydrogen-bond acceptors (Lipinski definition) is 7. The fourth-order valence-electron chi connectivity index (χ4n) is 2.61. The summed E-state index contributed by atoms with van der Waals surface area (Å²) in [5, 5.41) is 9.10. The third-order valence-electron chi connectivity index (χ3n) is 3.99. The third-order valence-corrected chi connectivity index (χ3v) is 5.77. The number of sulfonamides is 1. The molecular weight excluding hydrogens is 386 g/mol. The van der Waals surface area contributed by atoms with E-state index in [9.17, 15) is 18.0 Å². The largest absolute Gasteiger partial charge is 0.497 e. The molecule has 9 nitrogen and oxygen atoms in total. The van der Waals surface area contributed by atoms with Crippen LogP contribution >= 0.6 is 0 Å². The average molecular weight is 407 g/mol. The molecule has 2 rings (SSSR count). The smallest absolute Gasteiger partial charge is 0.269 e. The van der Waals surface area contributed by atoms with Crippen LogP contribution in [0, 0.1) is 5.92 Å². The number of aromatic nitrogens is 1. The molecule has 10 heteroatoms. The molecule has 0 bridgehead atoms. The number of amides is 2. The Labute approximate surface area is 163 Å². The molecule has 0 saturated carbocycles. The van der Waals surface area contributed by atoms with Crippen molar-refractivity contribution < 1.29 is 28.0 Å². The Bertz CT molecular complexity index is 930. The number of carbonyl (C=O) groups is 2. The highest BCUT2D eigenvalue weighted by molar-refractivity contribution is 7.89. The molecule has 0 aliphatic heterocycles. The van der Waals surface area contributed by atoms with Crippen LogP contribution in [-0.2, 0) is 14.8 Å². The standard InChI is InChI=1S/C18H21N3O6S/c1-12(2)16(17(22)20-24)21(18(23)13-5-4-10-19-11-13)28(25,26)15-8-6-14(27-3)7-9-15/h4-12,16,24H,1-3H3,(H,20,22)/t16-/m1/s1. The number of methoxy groups -OCH3 is 1. The van der Waals surface area contributed by atoms with Crippen molar-refractivity contribution >= 4 is 21.8 Å². The summed E-state index contributed by atoms with van der Waals surface area (Å²) in [7, 11) is -3.01. The van der Waals surface area contributed by atoms with Crippen molar-refractivity contribution in [3.63, 3.8) is 0 Å². The number of hydrogen-bond donors (Lipinski definition) is 2. The zero-order valence-corrected chi connectivity index (χ0v) is 16.4. The lowest BCUT2D eigenvalue weighted by atomic mass is 10.0. The SMILES string of the molecule is COc1ccc(S(=O)(=O)N(C(=O)c2cccnc2)[C@@H](C(=O)NO)C(C)C)cc1. The van der Waals surface area contributed by atoms with Crippen LogP contribution in [0.5, 0.6) is 5.75 Å². The maximum atomic E-state index is 13.3. The minimum atomic E-state index is -4.44. The lowest BCUT2D eigenvalue weighted by Crippen LogP contribution is -2.54. The predicted octanol–water partition coefficient (Wildman–Crippen LogP) is 1.45. The van der Waals surface area contributed by atoms with E-state index in [0.717, 1.165) is 0 Å². The molecule has 2 N–H and O–H groups in total. The molecule has 0 unspecified atom stereocenters. The first kappa shape index (κ1) is 21.3. The van der Waals surface area contributed by atoms with Gasteiger partial charge in [0.2, 0.25) is 0 Å². The Kier molecular flexibility index (Phi) is 6.71. The number of rotatable bonds is 7. The molecule has 1 heterocycles. The van der Waals surface area contributed by atoms with Gasteiger partial charge in [-0.05, 0) is 42.3 Å². The first-order chi connectivity index (χ1) is 13.2. The van der Waals surface area contributed by atoms with Crippen LogP contribution in [0.1, 0.15) is 24.2 Å². The Morgan fingerprint density at radius 2 is 1.82 bits per heavy atom. The van der Waals surface area contributed by atoms with Crippen LogP contribution in [-0.4, -0.2) is 47.9 Å². The number of nitrogens with zero attached hydrogens (tertiary/aromatic N) is 2. The van der Waals surface area contributed by atoms with Gasteiger partial charge < -0.3 is 4.74 Å². The first-order valence-corrected chi connectivity index (χ1v) is 9.74. The molecule has 150 valence electrons. The van der Waals surface area contributed by atoms with Crippen LogP contribution < -0.4 is 10.2 Å². The number of carbonyl (C=O) groups excluding carboxylic acids is 2. The van der Waals surface area contributed by atoms with E-state index in [1.165, 1.54) is 61.4 Å². The molecule has 28 heavy (non-hydrogen) atoms. The number of benzene rings is 1. The summed E-state index contributed by atoms with van der Waals surface area (Å²) in [6.07, 6.45) is 2.63. The van der Waals surface area contributed by atoms with Gasteiger partial charge in [0.1, 0.15) is 11.8 Å². The van der Waals surface area contributed by atoms with Gasteiger partial charge in [0.05, 0.1) is 17.6 Å². The molecule has 0 aliphatic carbocycles. The molecule has 0 aliphatic rings. The normalized spacial score (nSPS) is 12.3. The minimum Gasteiger partial charge on any atom is -0.497 e. The Hall–Kier alpha value is -2.98. The summed E-state index contributed by atoms with van der Waals surface area (Å²) in [6.45, 7) is 3.12. The van der Waals surface area contributed by atoms with E-state index in [-0.39, 0.29) is 10.5 Å². The average Bonchev–Trinajstić information content (AvgIpc) is 2.71. The molecule has 1 aromatic carbocycles. The lowest BCUT2D eigenvalue weighted by molar-refractivity contribution is -0.134. The fourth-order valence-corrected chi connectivity index (χ4v) is 4.28. The summed E-state index contributed by atoms with van der Waals surface area (Å²) < 4.78 is 32.1. The predicted molar refractivity (Wildman–Crippen MR) is 99.1 cm³/mol. The second-order valence-electron chi connectivity index (χ2n) is 6.19. The Morgan fingerprint density at radius 1 is 1.18 bits per heavy atom. The van der Waals surface area contributed by atoms with Gasteiger partial charge in [-0.2, -0.15) is 0 Å². The summed E-state index contributed by atoms with van der Waals surface area (Å²) in [5.74, 6) is -2.16. The van der Waals surface area contributed by atoms with Crippen LogP contribution in [0.15, 0.2) is 53.7 Å². The van der Waals surface area contributed by atoms with Gasteiger partial charge in [0.25, 0.3) is 21.8 Å². The number of nitrogens with one attached hydrogen (secondary N) is 1. The zero-order valence-electron chi connectivity index (χ0n) is 15.6. The summed E-state index contributed by atoms with van der Waals surface area (Å²) in [5.41, 5.74) is 1.42. The summed E-state index contributed by atoms with van der Waals surface area (Å²) in [4.78, 5) is 28.9. The third kappa shape index (κ3) is 4.29. The Morgan fingerprint density at radius 3 is 2.29 bits per heavy atom. The summed E-state index contributed by atoms with van der Waals surface area (Å²) in [6, 6.07) is 6.77. The fraction of sp³-hybridized carbons (Fsp3) is 0.278. The first-order valence-electron chi connectivity index (χ1n) is 8.30. The van der Waals surface area contributed by atoms with E-state index < -0.39 is 33.8 Å². The molecule has 1 atom stereocenters. The van der Waals surface area contributed by atoms with Crippen LogP contribution in [0.4, 0.5) is 0 Å². The van der Waals surface area contributed by atoms with E-state index in [2.05, 4.69) is 4.98 Å². The Balaban J connectivity index is 2.64. The zero-order chi connectivity index (χ0) is 20.9. The highest BCUT2D eigenvalue weighted by Gasteiger charge is 2.41. The van der Waals surface area contributed by atoms with E-state index >= 15 is 0 Å². The molecule has 1 aromatic heterocycles. The van der Waals surface area contributed by atoms with Crippen molar-refractivity contribution in [1.29, 1.82) is 0 Å². The molecule has 0 fully saturated rings. The van der Waals surface area contributed by atoms with Gasteiger partial charge >= 0.3 is 0 Å². The van der Waals surface area contributed by atoms with Gasteiger partial charge in [-0.3, -0.25) is 19.8 Å². The second kappa shape index (κ2) is 8.81. The van der Waals surface area contributed by atoms with Gasteiger partial charge in [-0.1, -0.05) is 13.8 Å². The van der Waals surface area contributed by atoms with Crippen molar-refractivity contribution in [1.82, 2.24) is 14.8 Å². The van der Waals surface area contributed by atoms with E-state index in [1.807, 2.05) is 0 Å². The number of hydroxylamine groups is 1. The van der Waals surface area contributed by atoms with Gasteiger partial charge in [-0.25, -0.2) is 18.2 Å². The summed E-state index contributed by atoms with van der Waals surface area (Å²) >= 11 is 0. The van der Waals surface area contributed by atoms with Crippen molar-refractivity contribution in [2.75, 3.05) is 7.11 Å². The number of pyridine rings is 1. The van der Waals surface area contributed by atoms with Gasteiger partial charge in [0, 0.05) is 12.4 Å². The number of ether oxygens (including phenoxy) is 1. The molecule has 0 saturated heterocycles. The maximum absolute atomic E-state index is 13.3. The monoisotopic (exact) mass is 407 g/mol. The quantitative estimate of drug-likeness (QED) is 0.525. The molecular formula is C18H21N3O6S. The van der Waals surface area contributed by atoms with E-state index in [0.29, 0.717) is 10.1 Å². The van der Waals surface area contributed by atoms with Crippen molar-refractivity contribution in [3.05, 3.63) is 54.4 Å². The van der Waals surface area contributed by atoms with E-state index in [1.54, 1.807) is 13.8 Å². The molecule has 2 aromatic rings. The highest BCUT2D eigenvalue weighted by atomic mass is 32.2.